The van der Waals surface area contributed by atoms with Crippen molar-refractivity contribution in [1.29, 1.82) is 0 Å². The quantitative estimate of drug-likeness (QED) is 0.795. The van der Waals surface area contributed by atoms with E-state index in [1.165, 1.54) is 6.26 Å². The molecule has 6 nitrogen and oxygen atoms in total. The van der Waals surface area contributed by atoms with Crippen LogP contribution >= 0.6 is 12.4 Å². The molecule has 24 heavy (non-hydrogen) atoms. The van der Waals surface area contributed by atoms with Crippen molar-refractivity contribution in [3.8, 4) is 0 Å². The molecule has 1 aromatic carbocycles. The van der Waals surface area contributed by atoms with Gasteiger partial charge in [0.25, 0.3) is 0 Å². The highest BCUT2D eigenvalue weighted by Crippen LogP contribution is 2.12. The highest BCUT2D eigenvalue weighted by atomic mass is 35.5. The van der Waals surface area contributed by atoms with Crippen LogP contribution in [0.4, 0.5) is 0 Å². The van der Waals surface area contributed by atoms with E-state index in [0.717, 1.165) is 31.7 Å². The molecule has 0 aromatic heterocycles. The zero-order chi connectivity index (χ0) is 16.9. The van der Waals surface area contributed by atoms with Gasteiger partial charge in [-0.3, -0.25) is 4.79 Å². The van der Waals surface area contributed by atoms with Gasteiger partial charge in [-0.25, -0.2) is 8.42 Å². The largest absolute Gasteiger partial charge is 0.340 e. The van der Waals surface area contributed by atoms with E-state index < -0.39 is 9.84 Å². The molecular formula is C16H26ClN3O3S. The van der Waals surface area contributed by atoms with Gasteiger partial charge in [0.05, 0.1) is 4.90 Å². The number of carbonyl (C=O) groups is 1. The maximum atomic E-state index is 12.1. The van der Waals surface area contributed by atoms with E-state index in [2.05, 4.69) is 10.2 Å². The van der Waals surface area contributed by atoms with Crippen LogP contribution in [-0.4, -0.2) is 70.2 Å². The number of sulfone groups is 1. The van der Waals surface area contributed by atoms with Crippen LogP contribution < -0.4 is 5.32 Å². The predicted octanol–water partition coefficient (Wildman–Crippen LogP) is 0.766. The lowest BCUT2D eigenvalue weighted by Crippen LogP contribution is -2.47. The summed E-state index contributed by atoms with van der Waals surface area (Å²) in [6, 6.07) is 6.91. The van der Waals surface area contributed by atoms with Crippen LogP contribution in [-0.2, 0) is 21.2 Å². The zero-order valence-corrected chi connectivity index (χ0v) is 15.8. The number of nitrogens with one attached hydrogen (secondary N) is 1. The zero-order valence-electron chi connectivity index (χ0n) is 14.2. The Balaban J connectivity index is 0.00000288. The topological polar surface area (TPSA) is 69.7 Å². The molecule has 0 bridgehead atoms. The fourth-order valence-corrected chi connectivity index (χ4v) is 3.22. The van der Waals surface area contributed by atoms with Gasteiger partial charge in [0.2, 0.25) is 5.91 Å². The maximum Gasteiger partial charge on any atom is 0.223 e. The van der Waals surface area contributed by atoms with Gasteiger partial charge in [0.1, 0.15) is 0 Å². The van der Waals surface area contributed by atoms with Crippen LogP contribution in [0.1, 0.15) is 12.0 Å². The van der Waals surface area contributed by atoms with Crippen LogP contribution in [0, 0.1) is 0 Å². The summed E-state index contributed by atoms with van der Waals surface area (Å²) in [5.74, 6) is 0.200. The van der Waals surface area contributed by atoms with Gasteiger partial charge in [-0.05, 0) is 24.7 Å². The Bertz CT molecular complexity index is 628. The number of halogens is 1. The second kappa shape index (κ2) is 9.36. The average molecular weight is 376 g/mol. The van der Waals surface area contributed by atoms with Crippen LogP contribution in [0.5, 0.6) is 0 Å². The number of hydrogen-bond donors (Lipinski definition) is 1. The minimum Gasteiger partial charge on any atom is -0.340 e. The van der Waals surface area contributed by atoms with Crippen LogP contribution in [0.15, 0.2) is 29.2 Å². The van der Waals surface area contributed by atoms with E-state index in [9.17, 15) is 13.2 Å². The maximum absolute atomic E-state index is 12.1. The van der Waals surface area contributed by atoms with E-state index >= 15 is 0 Å². The van der Waals surface area contributed by atoms with Crippen molar-refractivity contribution in [2.45, 2.75) is 17.9 Å². The molecule has 1 saturated heterocycles. The fraction of sp³-hybridized carbons (Fsp3) is 0.562. The van der Waals surface area contributed by atoms with Crippen molar-refractivity contribution < 1.29 is 13.2 Å². The van der Waals surface area contributed by atoms with Crippen LogP contribution in [0.2, 0.25) is 0 Å². The second-order valence-electron chi connectivity index (χ2n) is 6.03. The first-order valence-corrected chi connectivity index (χ1v) is 9.71. The Labute approximate surface area is 150 Å². The molecule has 1 heterocycles. The van der Waals surface area contributed by atoms with Gasteiger partial charge in [-0.15, -0.1) is 12.4 Å². The molecule has 1 amide bonds. The Kier molecular flexibility index (Phi) is 8.15. The summed E-state index contributed by atoms with van der Waals surface area (Å²) < 4.78 is 22.9. The molecular weight excluding hydrogens is 350 g/mol. The molecule has 0 aliphatic carbocycles. The summed E-state index contributed by atoms with van der Waals surface area (Å²) in [4.78, 5) is 16.4. The Morgan fingerprint density at radius 1 is 1.21 bits per heavy atom. The van der Waals surface area contributed by atoms with Gasteiger partial charge in [0.15, 0.2) is 9.84 Å². The third-order valence-corrected chi connectivity index (χ3v) is 5.11. The summed E-state index contributed by atoms with van der Waals surface area (Å²) in [6.45, 7) is 4.70. The molecule has 1 fully saturated rings. The third-order valence-electron chi connectivity index (χ3n) is 3.98. The number of amides is 1. The van der Waals surface area contributed by atoms with E-state index in [1.54, 1.807) is 12.1 Å². The molecule has 1 aliphatic heterocycles. The lowest BCUT2D eigenvalue weighted by Gasteiger charge is -2.28. The molecule has 1 aromatic rings. The molecule has 0 saturated carbocycles. The summed E-state index contributed by atoms with van der Waals surface area (Å²) in [5, 5.41) is 3.24. The number of carbonyl (C=O) groups excluding carboxylic acids is 1. The van der Waals surface area contributed by atoms with Gasteiger partial charge < -0.3 is 15.1 Å². The Morgan fingerprint density at radius 3 is 2.33 bits per heavy atom. The highest BCUT2D eigenvalue weighted by Gasteiger charge is 2.16. The first kappa shape index (κ1) is 20.9. The van der Waals surface area contributed by atoms with Crippen molar-refractivity contribution in [1.82, 2.24) is 15.1 Å². The van der Waals surface area contributed by atoms with Gasteiger partial charge in [-0.1, -0.05) is 12.1 Å². The number of benzene rings is 1. The van der Waals surface area contributed by atoms with Gasteiger partial charge >= 0.3 is 0 Å². The molecule has 0 atom stereocenters. The molecule has 0 unspecified atom stereocenters. The van der Waals surface area contributed by atoms with E-state index in [-0.39, 0.29) is 18.3 Å². The average Bonchev–Trinajstić information content (AvgIpc) is 2.53. The molecule has 8 heteroatoms. The molecule has 136 valence electrons. The first-order valence-electron chi connectivity index (χ1n) is 7.82. The van der Waals surface area contributed by atoms with E-state index in [0.29, 0.717) is 24.4 Å². The van der Waals surface area contributed by atoms with Crippen molar-refractivity contribution in [2.75, 3.05) is 46.0 Å². The van der Waals surface area contributed by atoms with Gasteiger partial charge in [-0.2, -0.15) is 0 Å². The van der Waals surface area contributed by atoms with Crippen molar-refractivity contribution in [3.63, 3.8) is 0 Å². The smallest absolute Gasteiger partial charge is 0.223 e. The number of hydrogen-bond acceptors (Lipinski definition) is 5. The molecule has 1 N–H and O–H groups in total. The number of nitrogens with zero attached hydrogens (tertiary/aromatic N) is 2. The van der Waals surface area contributed by atoms with Crippen molar-refractivity contribution in [2.24, 2.45) is 0 Å². The van der Waals surface area contributed by atoms with E-state index in [1.807, 2.05) is 24.1 Å². The summed E-state index contributed by atoms with van der Waals surface area (Å²) in [7, 11) is -1.18. The van der Waals surface area contributed by atoms with E-state index in [4.69, 9.17) is 0 Å². The monoisotopic (exact) mass is 375 g/mol. The Morgan fingerprint density at radius 2 is 1.79 bits per heavy atom. The summed E-state index contributed by atoms with van der Waals surface area (Å²) in [6.07, 6.45) is 1.72. The van der Waals surface area contributed by atoms with Gasteiger partial charge in [0, 0.05) is 51.9 Å². The molecule has 0 spiro atoms. The van der Waals surface area contributed by atoms with Crippen LogP contribution in [0.3, 0.4) is 0 Å². The standard InChI is InChI=1S/C16H25N3O3S.ClH/c1-18(10-7-16(20)19-11-8-17-9-12-19)13-14-3-5-15(6-4-14)23(2,21)22;/h3-6,17H,7-13H2,1-2H3;1H. The first-order chi connectivity index (χ1) is 10.9. The molecule has 0 radical (unpaired) electrons. The Hall–Kier alpha value is -1.15. The molecule has 1 aliphatic rings. The van der Waals surface area contributed by atoms with Crippen molar-refractivity contribution in [3.05, 3.63) is 29.8 Å². The third kappa shape index (κ3) is 6.39. The fourth-order valence-electron chi connectivity index (χ4n) is 2.59. The normalized spacial score (nSPS) is 15.2. The number of rotatable bonds is 6. The minimum atomic E-state index is -3.15. The highest BCUT2D eigenvalue weighted by molar-refractivity contribution is 7.90. The lowest BCUT2D eigenvalue weighted by atomic mass is 10.2. The predicted molar refractivity (Wildman–Crippen MR) is 97.2 cm³/mol. The minimum absolute atomic E-state index is 0. The lowest BCUT2D eigenvalue weighted by molar-refractivity contribution is -0.132. The summed E-state index contributed by atoms with van der Waals surface area (Å²) >= 11 is 0. The van der Waals surface area contributed by atoms with Crippen LogP contribution in [0.25, 0.3) is 0 Å². The number of piperazine rings is 1. The van der Waals surface area contributed by atoms with Crippen molar-refractivity contribution >= 4 is 28.2 Å². The molecule has 2 rings (SSSR count). The SMILES string of the molecule is CN(CCC(=O)N1CCNCC1)Cc1ccc(S(C)(=O)=O)cc1.Cl. The second-order valence-corrected chi connectivity index (χ2v) is 8.05. The summed E-state index contributed by atoms with van der Waals surface area (Å²) in [5.41, 5.74) is 1.04.